The molecule has 0 bridgehead atoms. The van der Waals surface area contributed by atoms with Gasteiger partial charge in [0.05, 0.1) is 0 Å². The number of carbonyl (C=O) groups is 3. The SMILES string of the molecule is CCCCCCCC(=O)OC[C@@H](COC(=O)CCCCCCCCCCCCCCCCCCC(C)C)OC(=O)CCCCCCCCC(C)C. The van der Waals surface area contributed by atoms with Gasteiger partial charge in [0.25, 0.3) is 0 Å². The summed E-state index contributed by atoms with van der Waals surface area (Å²) in [6.07, 6.45) is 35.7. The van der Waals surface area contributed by atoms with Crippen LogP contribution in [0.3, 0.4) is 0 Å². The van der Waals surface area contributed by atoms with Gasteiger partial charge in [-0.25, -0.2) is 0 Å². The Morgan fingerprint density at radius 2 is 0.647 bits per heavy atom. The molecule has 0 unspecified atom stereocenters. The van der Waals surface area contributed by atoms with Crippen LogP contribution in [0.1, 0.15) is 240 Å². The molecule has 0 amide bonds. The van der Waals surface area contributed by atoms with Gasteiger partial charge in [-0.1, -0.05) is 202 Å². The third-order valence-corrected chi connectivity index (χ3v) is 9.97. The minimum atomic E-state index is -0.758. The van der Waals surface area contributed by atoms with Crippen molar-refractivity contribution in [3.05, 3.63) is 0 Å². The highest BCUT2D eigenvalue weighted by molar-refractivity contribution is 5.71. The first-order chi connectivity index (χ1) is 24.7. The second-order valence-electron chi connectivity index (χ2n) is 16.3. The lowest BCUT2D eigenvalue weighted by molar-refractivity contribution is -0.167. The van der Waals surface area contributed by atoms with E-state index in [4.69, 9.17) is 14.2 Å². The van der Waals surface area contributed by atoms with Crippen LogP contribution < -0.4 is 0 Å². The van der Waals surface area contributed by atoms with E-state index in [1.165, 1.54) is 122 Å². The average Bonchev–Trinajstić information content (AvgIpc) is 3.09. The number of hydrogen-bond acceptors (Lipinski definition) is 6. The van der Waals surface area contributed by atoms with Crippen molar-refractivity contribution in [1.29, 1.82) is 0 Å². The van der Waals surface area contributed by atoms with Crippen molar-refractivity contribution in [3.63, 3.8) is 0 Å². The predicted molar refractivity (Wildman–Crippen MR) is 215 cm³/mol. The van der Waals surface area contributed by atoms with E-state index in [0.29, 0.717) is 19.3 Å². The van der Waals surface area contributed by atoms with Crippen molar-refractivity contribution < 1.29 is 28.6 Å². The molecular weight excluding hydrogens is 636 g/mol. The summed E-state index contributed by atoms with van der Waals surface area (Å²) in [7, 11) is 0. The van der Waals surface area contributed by atoms with Gasteiger partial charge in [-0.05, 0) is 31.1 Å². The molecule has 6 nitrogen and oxygen atoms in total. The van der Waals surface area contributed by atoms with Crippen LogP contribution in [0.25, 0.3) is 0 Å². The fraction of sp³-hybridized carbons (Fsp3) is 0.933. The Labute approximate surface area is 317 Å². The van der Waals surface area contributed by atoms with Gasteiger partial charge in [-0.2, -0.15) is 0 Å². The number of unbranched alkanes of at least 4 members (excludes halogenated alkanes) is 24. The fourth-order valence-corrected chi connectivity index (χ4v) is 6.58. The highest BCUT2D eigenvalue weighted by Crippen LogP contribution is 2.16. The van der Waals surface area contributed by atoms with E-state index < -0.39 is 6.10 Å². The third kappa shape index (κ3) is 39.5. The first-order valence-corrected chi connectivity index (χ1v) is 22.2. The van der Waals surface area contributed by atoms with Crippen molar-refractivity contribution in [1.82, 2.24) is 0 Å². The van der Waals surface area contributed by atoms with Gasteiger partial charge in [-0.3, -0.25) is 14.4 Å². The van der Waals surface area contributed by atoms with Crippen LogP contribution >= 0.6 is 0 Å². The molecule has 0 saturated carbocycles. The lowest BCUT2D eigenvalue weighted by Gasteiger charge is -2.18. The molecule has 0 N–H and O–H groups in total. The number of ether oxygens (including phenoxy) is 3. The van der Waals surface area contributed by atoms with Crippen LogP contribution in [0.4, 0.5) is 0 Å². The normalized spacial score (nSPS) is 12.1. The number of carbonyl (C=O) groups excluding carboxylic acids is 3. The molecule has 0 aromatic carbocycles. The Bertz CT molecular complexity index is 779. The maximum atomic E-state index is 12.6. The van der Waals surface area contributed by atoms with E-state index in [1.807, 2.05) is 0 Å². The molecule has 0 aromatic rings. The average molecular weight is 723 g/mol. The summed E-state index contributed by atoms with van der Waals surface area (Å²) in [4.78, 5) is 37.3. The summed E-state index contributed by atoms with van der Waals surface area (Å²) in [5.41, 5.74) is 0. The van der Waals surface area contributed by atoms with E-state index in [0.717, 1.165) is 76.0 Å². The van der Waals surface area contributed by atoms with E-state index in [9.17, 15) is 14.4 Å². The molecule has 0 rings (SSSR count). The highest BCUT2D eigenvalue weighted by atomic mass is 16.6. The van der Waals surface area contributed by atoms with E-state index in [1.54, 1.807) is 0 Å². The number of esters is 3. The largest absolute Gasteiger partial charge is 0.462 e. The molecule has 0 aliphatic carbocycles. The van der Waals surface area contributed by atoms with Gasteiger partial charge in [-0.15, -0.1) is 0 Å². The molecule has 51 heavy (non-hydrogen) atoms. The molecule has 302 valence electrons. The van der Waals surface area contributed by atoms with Gasteiger partial charge in [0, 0.05) is 19.3 Å². The predicted octanol–water partition coefficient (Wildman–Crippen LogP) is 13.8. The van der Waals surface area contributed by atoms with E-state index in [-0.39, 0.29) is 31.1 Å². The minimum Gasteiger partial charge on any atom is -0.462 e. The van der Waals surface area contributed by atoms with Crippen LogP contribution in [0.2, 0.25) is 0 Å². The lowest BCUT2D eigenvalue weighted by Crippen LogP contribution is -2.30. The molecule has 0 radical (unpaired) electrons. The maximum Gasteiger partial charge on any atom is 0.306 e. The zero-order valence-electron chi connectivity index (χ0n) is 34.7. The number of rotatable bonds is 39. The second kappa shape index (κ2) is 38.1. The van der Waals surface area contributed by atoms with Crippen molar-refractivity contribution in [2.45, 2.75) is 246 Å². The monoisotopic (exact) mass is 723 g/mol. The van der Waals surface area contributed by atoms with E-state index in [2.05, 4.69) is 34.6 Å². The molecule has 0 aliphatic heterocycles. The van der Waals surface area contributed by atoms with Gasteiger partial charge in [0.1, 0.15) is 13.2 Å². The minimum absolute atomic E-state index is 0.0668. The quantitative estimate of drug-likeness (QED) is 0.0357. The van der Waals surface area contributed by atoms with Crippen LogP contribution in [0.5, 0.6) is 0 Å². The third-order valence-electron chi connectivity index (χ3n) is 9.97. The Morgan fingerprint density at radius 1 is 0.373 bits per heavy atom. The molecule has 0 fully saturated rings. The lowest BCUT2D eigenvalue weighted by atomic mass is 10.0. The Balaban J connectivity index is 4.08. The maximum absolute atomic E-state index is 12.6. The number of hydrogen-bond donors (Lipinski definition) is 0. The van der Waals surface area contributed by atoms with Crippen LogP contribution in [0.15, 0.2) is 0 Å². The van der Waals surface area contributed by atoms with Gasteiger partial charge < -0.3 is 14.2 Å². The molecular formula is C45H86O6. The second-order valence-corrected chi connectivity index (χ2v) is 16.3. The molecule has 1 atom stereocenters. The molecule has 0 spiro atoms. The summed E-state index contributed by atoms with van der Waals surface area (Å²) in [5.74, 6) is 0.734. The van der Waals surface area contributed by atoms with Crippen molar-refractivity contribution in [2.75, 3.05) is 13.2 Å². The zero-order chi connectivity index (χ0) is 37.6. The van der Waals surface area contributed by atoms with Crippen LogP contribution in [-0.4, -0.2) is 37.2 Å². The van der Waals surface area contributed by atoms with Crippen LogP contribution in [-0.2, 0) is 28.6 Å². The molecule has 0 heterocycles. The smallest absolute Gasteiger partial charge is 0.306 e. The molecule has 0 aromatic heterocycles. The Morgan fingerprint density at radius 3 is 0.961 bits per heavy atom. The molecule has 0 aliphatic rings. The molecule has 0 saturated heterocycles. The molecule has 6 heteroatoms. The summed E-state index contributed by atoms with van der Waals surface area (Å²) in [6.45, 7) is 11.2. The van der Waals surface area contributed by atoms with Gasteiger partial charge in [0.15, 0.2) is 6.10 Å². The standard InChI is InChI=1S/C45H86O6/c1-6-7-8-23-30-35-43(46)49-38-42(51-45(48)37-32-27-22-21-25-29-34-41(4)5)39-50-44(47)36-31-26-20-18-16-14-12-10-9-11-13-15-17-19-24-28-33-40(2)3/h40-42H,6-39H2,1-5H3/t42-/m0/s1. The Hall–Kier alpha value is -1.59. The summed E-state index contributed by atoms with van der Waals surface area (Å²) in [6, 6.07) is 0. The first-order valence-electron chi connectivity index (χ1n) is 22.2. The fourth-order valence-electron chi connectivity index (χ4n) is 6.58. The van der Waals surface area contributed by atoms with E-state index >= 15 is 0 Å². The van der Waals surface area contributed by atoms with Crippen molar-refractivity contribution in [2.24, 2.45) is 11.8 Å². The summed E-state index contributed by atoms with van der Waals surface area (Å²) >= 11 is 0. The summed E-state index contributed by atoms with van der Waals surface area (Å²) < 4.78 is 16.6. The summed E-state index contributed by atoms with van der Waals surface area (Å²) in [5, 5.41) is 0. The topological polar surface area (TPSA) is 78.9 Å². The first kappa shape index (κ1) is 49.4. The zero-order valence-corrected chi connectivity index (χ0v) is 34.7. The van der Waals surface area contributed by atoms with Gasteiger partial charge >= 0.3 is 17.9 Å². The van der Waals surface area contributed by atoms with Crippen molar-refractivity contribution >= 4 is 17.9 Å². The van der Waals surface area contributed by atoms with Gasteiger partial charge in [0.2, 0.25) is 0 Å². The van der Waals surface area contributed by atoms with Crippen LogP contribution in [0, 0.1) is 11.8 Å². The highest BCUT2D eigenvalue weighted by Gasteiger charge is 2.19. The Kier molecular flexibility index (Phi) is 37.0. The van der Waals surface area contributed by atoms with Crippen molar-refractivity contribution in [3.8, 4) is 0 Å².